The zero-order valence-corrected chi connectivity index (χ0v) is 13.6. The van der Waals surface area contributed by atoms with Gasteiger partial charge in [0.1, 0.15) is 17.5 Å². The fraction of sp³-hybridized carbons (Fsp3) is 0.750. The molecule has 1 aliphatic rings. The lowest BCUT2D eigenvalue weighted by Crippen LogP contribution is -2.25. The first-order valence-corrected chi connectivity index (χ1v) is 7.83. The molecule has 0 amide bonds. The molecule has 0 spiro atoms. The van der Waals surface area contributed by atoms with Crippen molar-refractivity contribution in [2.75, 3.05) is 29.9 Å². The Bertz CT molecular complexity index is 468. The van der Waals surface area contributed by atoms with Crippen LogP contribution in [0.2, 0.25) is 0 Å². The van der Waals surface area contributed by atoms with Crippen LogP contribution in [-0.2, 0) is 6.42 Å². The van der Waals surface area contributed by atoms with Crippen molar-refractivity contribution >= 4 is 11.6 Å². The standard InChI is InChI=1S/C16H28N4/c1-6-9-17-14-12(3)15(19-13(7-2)18-14)20-10-8-16(4,5)11-20/h6-11H2,1-5H3,(H,17,18,19). The molecule has 0 aliphatic carbocycles. The lowest BCUT2D eigenvalue weighted by atomic mass is 9.93. The molecule has 4 nitrogen and oxygen atoms in total. The predicted octanol–water partition coefficient (Wildman–Crippen LogP) is 3.41. The molecule has 0 radical (unpaired) electrons. The fourth-order valence-corrected chi connectivity index (χ4v) is 2.72. The van der Waals surface area contributed by atoms with Gasteiger partial charge in [0.25, 0.3) is 0 Å². The van der Waals surface area contributed by atoms with Crippen LogP contribution in [0.3, 0.4) is 0 Å². The van der Waals surface area contributed by atoms with E-state index in [0.717, 1.165) is 49.9 Å². The van der Waals surface area contributed by atoms with Crippen LogP contribution in [0.1, 0.15) is 51.9 Å². The highest BCUT2D eigenvalue weighted by atomic mass is 15.2. The Morgan fingerprint density at radius 2 is 2.00 bits per heavy atom. The Hall–Kier alpha value is -1.32. The molecule has 0 aromatic carbocycles. The first-order valence-electron chi connectivity index (χ1n) is 7.83. The summed E-state index contributed by atoms with van der Waals surface area (Å²) in [7, 11) is 0. The van der Waals surface area contributed by atoms with Gasteiger partial charge in [-0.3, -0.25) is 0 Å². The number of aromatic nitrogens is 2. The Labute approximate surface area is 123 Å². The van der Waals surface area contributed by atoms with E-state index in [-0.39, 0.29) is 0 Å². The summed E-state index contributed by atoms with van der Waals surface area (Å²) >= 11 is 0. The molecule has 0 unspecified atom stereocenters. The van der Waals surface area contributed by atoms with Gasteiger partial charge in [0, 0.05) is 31.6 Å². The molecule has 112 valence electrons. The Kier molecular flexibility index (Phi) is 4.51. The van der Waals surface area contributed by atoms with Gasteiger partial charge in [0.15, 0.2) is 0 Å². The summed E-state index contributed by atoms with van der Waals surface area (Å²) in [6.07, 6.45) is 3.22. The average Bonchev–Trinajstić information content (AvgIpc) is 2.77. The zero-order chi connectivity index (χ0) is 14.8. The van der Waals surface area contributed by atoms with Gasteiger partial charge in [0.2, 0.25) is 0 Å². The second-order valence-corrected chi connectivity index (χ2v) is 6.55. The summed E-state index contributed by atoms with van der Waals surface area (Å²) in [4.78, 5) is 11.9. The predicted molar refractivity (Wildman–Crippen MR) is 85.5 cm³/mol. The summed E-state index contributed by atoms with van der Waals surface area (Å²) in [6, 6.07) is 0. The van der Waals surface area contributed by atoms with Crippen molar-refractivity contribution in [3.05, 3.63) is 11.4 Å². The van der Waals surface area contributed by atoms with E-state index in [1.165, 1.54) is 12.0 Å². The minimum atomic E-state index is 0.390. The molecule has 20 heavy (non-hydrogen) atoms. The number of aryl methyl sites for hydroxylation is 1. The zero-order valence-electron chi connectivity index (χ0n) is 13.6. The van der Waals surface area contributed by atoms with Crippen LogP contribution in [0, 0.1) is 12.3 Å². The van der Waals surface area contributed by atoms with E-state index >= 15 is 0 Å². The number of hydrogen-bond donors (Lipinski definition) is 1. The van der Waals surface area contributed by atoms with Crippen LogP contribution in [0.5, 0.6) is 0 Å². The maximum Gasteiger partial charge on any atom is 0.137 e. The summed E-state index contributed by atoms with van der Waals surface area (Å²) in [6.45, 7) is 14.2. The molecule has 1 aromatic heterocycles. The van der Waals surface area contributed by atoms with Crippen molar-refractivity contribution < 1.29 is 0 Å². The van der Waals surface area contributed by atoms with Gasteiger partial charge in [-0.15, -0.1) is 0 Å². The molecular formula is C16H28N4. The molecule has 0 bridgehead atoms. The van der Waals surface area contributed by atoms with E-state index in [0.29, 0.717) is 5.41 Å². The molecule has 1 N–H and O–H groups in total. The summed E-state index contributed by atoms with van der Waals surface area (Å²) < 4.78 is 0. The summed E-state index contributed by atoms with van der Waals surface area (Å²) in [5, 5.41) is 3.44. The van der Waals surface area contributed by atoms with Crippen LogP contribution in [-0.4, -0.2) is 29.6 Å². The van der Waals surface area contributed by atoms with Crippen molar-refractivity contribution in [2.45, 2.75) is 53.9 Å². The van der Waals surface area contributed by atoms with Crippen molar-refractivity contribution in [1.29, 1.82) is 0 Å². The molecule has 2 heterocycles. The minimum absolute atomic E-state index is 0.390. The van der Waals surface area contributed by atoms with Gasteiger partial charge in [-0.05, 0) is 25.2 Å². The van der Waals surface area contributed by atoms with Gasteiger partial charge in [-0.2, -0.15) is 0 Å². The molecule has 2 rings (SSSR count). The van der Waals surface area contributed by atoms with Gasteiger partial charge >= 0.3 is 0 Å². The van der Waals surface area contributed by atoms with E-state index in [2.05, 4.69) is 49.8 Å². The average molecular weight is 276 g/mol. The van der Waals surface area contributed by atoms with Crippen LogP contribution in [0.4, 0.5) is 11.6 Å². The first kappa shape index (κ1) is 15.1. The van der Waals surface area contributed by atoms with Crippen LogP contribution in [0.15, 0.2) is 0 Å². The molecule has 1 fully saturated rings. The highest BCUT2D eigenvalue weighted by Crippen LogP contribution is 2.34. The van der Waals surface area contributed by atoms with Crippen molar-refractivity contribution in [2.24, 2.45) is 5.41 Å². The molecular weight excluding hydrogens is 248 g/mol. The second-order valence-electron chi connectivity index (χ2n) is 6.55. The quantitative estimate of drug-likeness (QED) is 0.895. The molecule has 0 atom stereocenters. The Morgan fingerprint density at radius 1 is 1.25 bits per heavy atom. The van der Waals surface area contributed by atoms with E-state index in [1.54, 1.807) is 0 Å². The van der Waals surface area contributed by atoms with Gasteiger partial charge in [0.05, 0.1) is 0 Å². The lowest BCUT2D eigenvalue weighted by Gasteiger charge is -2.24. The summed E-state index contributed by atoms with van der Waals surface area (Å²) in [5.41, 5.74) is 1.58. The fourth-order valence-electron chi connectivity index (χ4n) is 2.72. The van der Waals surface area contributed by atoms with Crippen molar-refractivity contribution in [3.63, 3.8) is 0 Å². The maximum absolute atomic E-state index is 4.78. The topological polar surface area (TPSA) is 41.1 Å². The third kappa shape index (κ3) is 3.22. The van der Waals surface area contributed by atoms with Crippen molar-refractivity contribution in [3.8, 4) is 0 Å². The van der Waals surface area contributed by atoms with E-state index < -0.39 is 0 Å². The number of nitrogens with one attached hydrogen (secondary N) is 1. The highest BCUT2D eigenvalue weighted by molar-refractivity contribution is 5.59. The smallest absolute Gasteiger partial charge is 0.137 e. The number of hydrogen-bond acceptors (Lipinski definition) is 4. The SMILES string of the molecule is CCCNc1nc(CC)nc(N2CCC(C)(C)C2)c1C. The monoisotopic (exact) mass is 276 g/mol. The van der Waals surface area contributed by atoms with Crippen LogP contribution >= 0.6 is 0 Å². The largest absolute Gasteiger partial charge is 0.370 e. The lowest BCUT2D eigenvalue weighted by molar-refractivity contribution is 0.418. The number of anilines is 2. The van der Waals surface area contributed by atoms with Gasteiger partial charge < -0.3 is 10.2 Å². The molecule has 0 saturated carbocycles. The number of nitrogens with zero attached hydrogens (tertiary/aromatic N) is 3. The normalized spacial score (nSPS) is 17.6. The maximum atomic E-state index is 4.78. The third-order valence-electron chi connectivity index (χ3n) is 4.00. The van der Waals surface area contributed by atoms with Gasteiger partial charge in [-0.1, -0.05) is 27.7 Å². The van der Waals surface area contributed by atoms with E-state index in [4.69, 9.17) is 4.98 Å². The highest BCUT2D eigenvalue weighted by Gasteiger charge is 2.31. The molecule has 1 aromatic rings. The van der Waals surface area contributed by atoms with E-state index in [1.807, 2.05) is 0 Å². The van der Waals surface area contributed by atoms with Crippen LogP contribution in [0.25, 0.3) is 0 Å². The Balaban J connectivity index is 2.31. The number of rotatable bonds is 5. The van der Waals surface area contributed by atoms with Gasteiger partial charge in [-0.25, -0.2) is 9.97 Å². The molecule has 1 saturated heterocycles. The minimum Gasteiger partial charge on any atom is -0.370 e. The molecule has 1 aliphatic heterocycles. The first-order chi connectivity index (χ1) is 9.46. The van der Waals surface area contributed by atoms with Crippen molar-refractivity contribution in [1.82, 2.24) is 9.97 Å². The third-order valence-corrected chi connectivity index (χ3v) is 4.00. The Morgan fingerprint density at radius 3 is 2.55 bits per heavy atom. The molecule has 4 heteroatoms. The summed E-state index contributed by atoms with van der Waals surface area (Å²) in [5.74, 6) is 3.08. The second kappa shape index (κ2) is 5.98. The van der Waals surface area contributed by atoms with Crippen LogP contribution < -0.4 is 10.2 Å². The van der Waals surface area contributed by atoms with E-state index in [9.17, 15) is 0 Å².